The zero-order valence-electron chi connectivity index (χ0n) is 14.0. The summed E-state index contributed by atoms with van der Waals surface area (Å²) in [7, 11) is 2.14. The first-order valence-electron chi connectivity index (χ1n) is 8.43. The number of likely N-dealkylation sites (N-methyl/N-ethyl adjacent to an activating group) is 1. The van der Waals surface area contributed by atoms with Crippen molar-refractivity contribution in [3.05, 3.63) is 65.0 Å². The Balaban J connectivity index is 1.77. The van der Waals surface area contributed by atoms with Crippen LogP contribution in [0.15, 0.2) is 42.5 Å². The number of hydrogen-bond donors (Lipinski definition) is 0. The van der Waals surface area contributed by atoms with Crippen molar-refractivity contribution in [3.63, 3.8) is 0 Å². The second-order valence-electron chi connectivity index (χ2n) is 6.97. The molecule has 0 saturated carbocycles. The molecule has 0 N–H and O–H groups in total. The number of carbonyl (C=O) groups excluding carboxylic acids is 1. The summed E-state index contributed by atoms with van der Waals surface area (Å²) in [5.41, 5.74) is 4.04. The minimum Gasteiger partial charge on any atom is -0.306 e. The summed E-state index contributed by atoms with van der Waals surface area (Å²) in [6.07, 6.45) is 0.960. The van der Waals surface area contributed by atoms with Gasteiger partial charge in [0.1, 0.15) is 5.82 Å². The number of rotatable bonds is 1. The highest BCUT2D eigenvalue weighted by Crippen LogP contribution is 2.45. The summed E-state index contributed by atoms with van der Waals surface area (Å²) in [4.78, 5) is 17.4. The maximum Gasteiger partial charge on any atom is 0.258 e. The fourth-order valence-corrected chi connectivity index (χ4v) is 4.08. The van der Waals surface area contributed by atoms with E-state index in [2.05, 4.69) is 37.1 Å². The second-order valence-corrected chi connectivity index (χ2v) is 6.97. The van der Waals surface area contributed by atoms with E-state index in [0.717, 1.165) is 25.2 Å². The molecule has 1 fully saturated rings. The largest absolute Gasteiger partial charge is 0.306 e. The quantitative estimate of drug-likeness (QED) is 0.800. The van der Waals surface area contributed by atoms with Crippen molar-refractivity contribution < 1.29 is 9.18 Å². The molecule has 0 aliphatic carbocycles. The molecular formula is C20H21FN2O. The molecule has 0 unspecified atom stereocenters. The Kier molecular flexibility index (Phi) is 3.65. The van der Waals surface area contributed by atoms with Gasteiger partial charge in [0, 0.05) is 29.8 Å². The van der Waals surface area contributed by atoms with E-state index in [4.69, 9.17) is 0 Å². The number of benzene rings is 2. The van der Waals surface area contributed by atoms with Crippen LogP contribution in [-0.2, 0) is 0 Å². The first kappa shape index (κ1) is 15.3. The molecule has 4 rings (SSSR count). The molecule has 124 valence electrons. The molecule has 2 aromatic rings. The van der Waals surface area contributed by atoms with Gasteiger partial charge in [-0.25, -0.2) is 4.39 Å². The Morgan fingerprint density at radius 3 is 2.67 bits per heavy atom. The standard InChI is InChI=1S/C20H21FN2O/c1-13-3-8-18-16(11-13)17-12-22(2)10-9-19(17)23(18)20(24)14-4-6-15(21)7-5-14/h3-8,11,17,19H,9-10,12H2,1-2H3/t17-,19-/m0/s1. The van der Waals surface area contributed by atoms with Crippen LogP contribution in [0.3, 0.4) is 0 Å². The van der Waals surface area contributed by atoms with E-state index in [1.54, 1.807) is 12.1 Å². The highest BCUT2D eigenvalue weighted by atomic mass is 19.1. The average Bonchev–Trinajstić information content (AvgIpc) is 2.88. The van der Waals surface area contributed by atoms with Gasteiger partial charge in [0.25, 0.3) is 5.91 Å². The number of carbonyl (C=O) groups is 1. The maximum atomic E-state index is 13.2. The lowest BCUT2D eigenvalue weighted by Gasteiger charge is -2.36. The average molecular weight is 324 g/mol. The summed E-state index contributed by atoms with van der Waals surface area (Å²) >= 11 is 0. The Labute approximate surface area is 141 Å². The molecule has 1 amide bonds. The van der Waals surface area contributed by atoms with Gasteiger partial charge < -0.3 is 9.80 Å². The summed E-state index contributed by atoms with van der Waals surface area (Å²) in [6.45, 7) is 4.04. The fraction of sp³-hybridized carbons (Fsp3) is 0.350. The lowest BCUT2D eigenvalue weighted by atomic mass is 9.88. The number of halogens is 1. The van der Waals surface area contributed by atoms with Crippen LogP contribution in [0.2, 0.25) is 0 Å². The summed E-state index contributed by atoms with van der Waals surface area (Å²) in [5, 5.41) is 0. The van der Waals surface area contributed by atoms with E-state index < -0.39 is 0 Å². The number of amides is 1. The van der Waals surface area contributed by atoms with Crippen molar-refractivity contribution >= 4 is 11.6 Å². The Morgan fingerprint density at radius 2 is 1.92 bits per heavy atom. The van der Waals surface area contributed by atoms with Crippen molar-refractivity contribution in [1.29, 1.82) is 0 Å². The van der Waals surface area contributed by atoms with Gasteiger partial charge in [-0.15, -0.1) is 0 Å². The van der Waals surface area contributed by atoms with Gasteiger partial charge in [-0.2, -0.15) is 0 Å². The molecular weight excluding hydrogens is 303 g/mol. The highest BCUT2D eigenvalue weighted by Gasteiger charge is 2.44. The van der Waals surface area contributed by atoms with Crippen LogP contribution in [0.5, 0.6) is 0 Å². The zero-order valence-corrected chi connectivity index (χ0v) is 14.0. The first-order valence-corrected chi connectivity index (χ1v) is 8.43. The molecule has 0 spiro atoms. The van der Waals surface area contributed by atoms with Gasteiger partial charge in [-0.1, -0.05) is 17.7 Å². The molecule has 2 aromatic carbocycles. The normalized spacial score (nSPS) is 23.0. The van der Waals surface area contributed by atoms with Gasteiger partial charge in [0.15, 0.2) is 0 Å². The SMILES string of the molecule is Cc1ccc2c(c1)[C@@H]1CN(C)CC[C@@H]1N2C(=O)c1ccc(F)cc1. The van der Waals surface area contributed by atoms with Crippen LogP contribution in [0.4, 0.5) is 10.1 Å². The number of nitrogens with zero attached hydrogens (tertiary/aromatic N) is 2. The van der Waals surface area contributed by atoms with E-state index in [1.807, 2.05) is 4.90 Å². The van der Waals surface area contributed by atoms with Crippen LogP contribution < -0.4 is 4.90 Å². The van der Waals surface area contributed by atoms with Crippen molar-refractivity contribution in [1.82, 2.24) is 4.90 Å². The Morgan fingerprint density at radius 1 is 1.17 bits per heavy atom. The molecule has 4 heteroatoms. The molecule has 24 heavy (non-hydrogen) atoms. The molecule has 0 bridgehead atoms. The fourth-order valence-electron chi connectivity index (χ4n) is 4.08. The van der Waals surface area contributed by atoms with Gasteiger partial charge in [-0.05, 0) is 62.8 Å². The summed E-state index contributed by atoms with van der Waals surface area (Å²) in [5.74, 6) is 0.00127. The van der Waals surface area contributed by atoms with Crippen LogP contribution in [0.25, 0.3) is 0 Å². The van der Waals surface area contributed by atoms with Gasteiger partial charge in [-0.3, -0.25) is 4.79 Å². The van der Waals surface area contributed by atoms with Crippen molar-refractivity contribution in [2.45, 2.75) is 25.3 Å². The van der Waals surface area contributed by atoms with Crippen molar-refractivity contribution in [2.24, 2.45) is 0 Å². The molecule has 1 saturated heterocycles. The molecule has 2 aliphatic rings. The Hall–Kier alpha value is -2.20. The topological polar surface area (TPSA) is 23.6 Å². The number of piperidine rings is 1. The molecule has 3 nitrogen and oxygen atoms in total. The van der Waals surface area contributed by atoms with Crippen LogP contribution in [-0.4, -0.2) is 37.0 Å². The van der Waals surface area contributed by atoms with Gasteiger partial charge in [0.05, 0.1) is 0 Å². The molecule has 2 aliphatic heterocycles. The number of anilines is 1. The third-order valence-electron chi connectivity index (χ3n) is 5.26. The van der Waals surface area contributed by atoms with Crippen LogP contribution >= 0.6 is 0 Å². The lowest BCUT2D eigenvalue weighted by Crippen LogP contribution is -2.47. The van der Waals surface area contributed by atoms with Crippen molar-refractivity contribution in [3.8, 4) is 0 Å². The third kappa shape index (κ3) is 2.42. The number of hydrogen-bond acceptors (Lipinski definition) is 2. The molecule has 0 radical (unpaired) electrons. The summed E-state index contributed by atoms with van der Waals surface area (Å²) in [6, 6.07) is 12.4. The zero-order chi connectivity index (χ0) is 16.8. The van der Waals surface area contributed by atoms with E-state index >= 15 is 0 Å². The van der Waals surface area contributed by atoms with Gasteiger partial charge >= 0.3 is 0 Å². The smallest absolute Gasteiger partial charge is 0.258 e. The molecule has 2 atom stereocenters. The van der Waals surface area contributed by atoms with E-state index in [1.165, 1.54) is 23.3 Å². The minimum absolute atomic E-state index is 0.0304. The molecule has 0 aromatic heterocycles. The summed E-state index contributed by atoms with van der Waals surface area (Å²) < 4.78 is 13.2. The number of fused-ring (bicyclic) bond motifs is 3. The number of aryl methyl sites for hydroxylation is 1. The minimum atomic E-state index is -0.318. The van der Waals surface area contributed by atoms with E-state index in [-0.39, 0.29) is 17.8 Å². The predicted octanol–water partition coefficient (Wildman–Crippen LogP) is 3.58. The maximum absolute atomic E-state index is 13.2. The van der Waals surface area contributed by atoms with E-state index in [9.17, 15) is 9.18 Å². The lowest BCUT2D eigenvalue weighted by molar-refractivity contribution is 0.0964. The third-order valence-corrected chi connectivity index (χ3v) is 5.26. The van der Waals surface area contributed by atoms with E-state index in [0.29, 0.717) is 11.5 Å². The van der Waals surface area contributed by atoms with Gasteiger partial charge in [0.2, 0.25) is 0 Å². The van der Waals surface area contributed by atoms with Crippen molar-refractivity contribution in [2.75, 3.05) is 25.0 Å². The highest BCUT2D eigenvalue weighted by molar-refractivity contribution is 6.08. The second kappa shape index (κ2) is 5.71. The van der Waals surface area contributed by atoms with Crippen LogP contribution in [0.1, 0.15) is 33.8 Å². The predicted molar refractivity (Wildman–Crippen MR) is 93.0 cm³/mol. The molecule has 2 heterocycles. The van der Waals surface area contributed by atoms with Crippen LogP contribution in [0, 0.1) is 12.7 Å². The Bertz CT molecular complexity index is 787. The monoisotopic (exact) mass is 324 g/mol. The number of likely N-dealkylation sites (tertiary alicyclic amines) is 1. The first-order chi connectivity index (χ1) is 11.5.